The lowest BCUT2D eigenvalue weighted by atomic mass is 9.84. The molecule has 0 N–H and O–H groups in total. The minimum absolute atomic E-state index is 0.00879. The second-order valence-corrected chi connectivity index (χ2v) is 6.75. The van der Waals surface area contributed by atoms with E-state index in [4.69, 9.17) is 0 Å². The molecule has 3 rings (SSSR count). The highest BCUT2D eigenvalue weighted by atomic mass is 19.3. The first-order valence-corrected chi connectivity index (χ1v) is 7.48. The molecule has 2 aromatic heterocycles. The average molecular weight is 315 g/mol. The Hall–Kier alpha value is -2.30. The number of alkyl halides is 2. The van der Waals surface area contributed by atoms with Gasteiger partial charge in [0.1, 0.15) is 5.69 Å². The van der Waals surface area contributed by atoms with Crippen molar-refractivity contribution >= 4 is 10.8 Å². The maximum Gasteiger partial charge on any atom is 0.282 e. The molecule has 5 heteroatoms. The van der Waals surface area contributed by atoms with E-state index < -0.39 is 6.43 Å². The fourth-order valence-corrected chi connectivity index (χ4v) is 2.84. The van der Waals surface area contributed by atoms with Crippen LogP contribution in [0.3, 0.4) is 0 Å². The zero-order chi connectivity index (χ0) is 16.8. The first kappa shape index (κ1) is 15.6. The van der Waals surface area contributed by atoms with Gasteiger partial charge in [-0.3, -0.25) is 9.67 Å². The number of hydrogen-bond donors (Lipinski definition) is 0. The maximum atomic E-state index is 13.2. The van der Waals surface area contributed by atoms with E-state index in [-0.39, 0.29) is 11.1 Å². The number of benzene rings is 1. The predicted molar refractivity (Wildman–Crippen MR) is 87.6 cm³/mol. The summed E-state index contributed by atoms with van der Waals surface area (Å²) in [4.78, 5) is 4.42. The fraction of sp³-hybridized carbons (Fsp3) is 0.333. The van der Waals surface area contributed by atoms with E-state index in [9.17, 15) is 8.78 Å². The molecule has 0 aliphatic heterocycles. The Balaban J connectivity index is 2.19. The normalized spacial score (nSPS) is 12.3. The van der Waals surface area contributed by atoms with E-state index in [1.807, 2.05) is 18.2 Å². The van der Waals surface area contributed by atoms with Crippen molar-refractivity contribution in [1.82, 2.24) is 14.8 Å². The first-order valence-electron chi connectivity index (χ1n) is 7.48. The SMILES string of the molecule is Cn1cc(-c2cc3cccc(C(C)(C)C)c3cn2)c(C(F)F)n1. The van der Waals surface area contributed by atoms with Crippen LogP contribution in [0.15, 0.2) is 36.7 Å². The van der Waals surface area contributed by atoms with Crippen molar-refractivity contribution in [3.05, 3.63) is 47.9 Å². The molecule has 0 bridgehead atoms. The van der Waals surface area contributed by atoms with Gasteiger partial charge in [-0.05, 0) is 22.4 Å². The Morgan fingerprint density at radius 2 is 1.91 bits per heavy atom. The van der Waals surface area contributed by atoms with Gasteiger partial charge in [-0.2, -0.15) is 5.10 Å². The van der Waals surface area contributed by atoms with Crippen molar-refractivity contribution < 1.29 is 8.78 Å². The van der Waals surface area contributed by atoms with Gasteiger partial charge in [0.15, 0.2) is 0 Å². The zero-order valence-corrected chi connectivity index (χ0v) is 13.6. The molecule has 120 valence electrons. The van der Waals surface area contributed by atoms with Crippen LogP contribution >= 0.6 is 0 Å². The fourth-order valence-electron chi connectivity index (χ4n) is 2.84. The van der Waals surface area contributed by atoms with Crippen molar-refractivity contribution in [2.75, 3.05) is 0 Å². The molecule has 0 amide bonds. The van der Waals surface area contributed by atoms with Crippen LogP contribution in [0.4, 0.5) is 8.78 Å². The Morgan fingerprint density at radius 3 is 2.57 bits per heavy atom. The van der Waals surface area contributed by atoms with Gasteiger partial charge in [0.25, 0.3) is 6.43 Å². The molecular formula is C18H19F2N3. The first-order chi connectivity index (χ1) is 10.8. The molecular weight excluding hydrogens is 296 g/mol. The Labute approximate surface area is 134 Å². The molecule has 0 radical (unpaired) electrons. The summed E-state index contributed by atoms with van der Waals surface area (Å²) in [6, 6.07) is 7.91. The molecule has 0 aliphatic carbocycles. The topological polar surface area (TPSA) is 30.7 Å². The number of pyridine rings is 1. The molecule has 0 unspecified atom stereocenters. The standard InChI is InChI=1S/C18H19F2N3/c1-18(2,3)14-7-5-6-11-8-15(21-9-12(11)14)13-10-23(4)22-16(13)17(19)20/h5-10,17H,1-4H3. The summed E-state index contributed by atoms with van der Waals surface area (Å²) in [5.74, 6) is 0. The Kier molecular flexibility index (Phi) is 3.66. The lowest BCUT2D eigenvalue weighted by Crippen LogP contribution is -2.11. The van der Waals surface area contributed by atoms with Gasteiger partial charge in [-0.1, -0.05) is 39.0 Å². The van der Waals surface area contributed by atoms with Crippen LogP contribution in [0.25, 0.3) is 22.0 Å². The summed E-state index contributed by atoms with van der Waals surface area (Å²) in [7, 11) is 1.63. The van der Waals surface area contributed by atoms with E-state index in [1.165, 1.54) is 10.2 Å². The van der Waals surface area contributed by atoms with E-state index >= 15 is 0 Å². The number of halogens is 2. The molecule has 0 atom stereocenters. The summed E-state index contributed by atoms with van der Waals surface area (Å²) in [5, 5.41) is 5.89. The number of fused-ring (bicyclic) bond motifs is 1. The largest absolute Gasteiger partial charge is 0.282 e. The number of aromatic nitrogens is 3. The minimum atomic E-state index is -2.62. The lowest BCUT2D eigenvalue weighted by Gasteiger charge is -2.21. The lowest BCUT2D eigenvalue weighted by molar-refractivity contribution is 0.146. The van der Waals surface area contributed by atoms with Crippen LogP contribution in [-0.2, 0) is 12.5 Å². The summed E-state index contributed by atoms with van der Waals surface area (Å²) >= 11 is 0. The highest BCUT2D eigenvalue weighted by molar-refractivity contribution is 5.88. The van der Waals surface area contributed by atoms with Gasteiger partial charge in [0.05, 0.1) is 5.69 Å². The molecule has 0 spiro atoms. The van der Waals surface area contributed by atoms with Gasteiger partial charge in [-0.15, -0.1) is 0 Å². The predicted octanol–water partition coefficient (Wildman–Crippen LogP) is 4.87. The summed E-state index contributed by atoms with van der Waals surface area (Å²) in [6.45, 7) is 6.43. The number of rotatable bonds is 2. The molecule has 3 aromatic rings. The Bertz CT molecular complexity index is 860. The van der Waals surface area contributed by atoms with Crippen molar-refractivity contribution in [3.63, 3.8) is 0 Å². The van der Waals surface area contributed by atoms with Gasteiger partial charge >= 0.3 is 0 Å². The molecule has 3 nitrogen and oxygen atoms in total. The molecule has 0 saturated carbocycles. The highest BCUT2D eigenvalue weighted by Gasteiger charge is 2.21. The molecule has 0 saturated heterocycles. The number of aryl methyl sites for hydroxylation is 1. The van der Waals surface area contributed by atoms with E-state index in [1.54, 1.807) is 19.4 Å². The summed E-state index contributed by atoms with van der Waals surface area (Å²) in [6.07, 6.45) is 0.737. The molecule has 2 heterocycles. The van der Waals surface area contributed by atoms with Crippen molar-refractivity contribution in [2.45, 2.75) is 32.6 Å². The molecule has 0 aliphatic rings. The third kappa shape index (κ3) is 2.83. The van der Waals surface area contributed by atoms with Crippen molar-refractivity contribution in [2.24, 2.45) is 7.05 Å². The maximum absolute atomic E-state index is 13.2. The second kappa shape index (κ2) is 5.41. The van der Waals surface area contributed by atoms with Crippen LogP contribution in [0, 0.1) is 0 Å². The molecule has 23 heavy (non-hydrogen) atoms. The van der Waals surface area contributed by atoms with Crippen LogP contribution in [0.5, 0.6) is 0 Å². The monoisotopic (exact) mass is 315 g/mol. The minimum Gasteiger partial charge on any atom is -0.275 e. The number of hydrogen-bond acceptors (Lipinski definition) is 2. The van der Waals surface area contributed by atoms with E-state index in [0.717, 1.165) is 10.8 Å². The third-order valence-electron chi connectivity index (χ3n) is 3.91. The third-order valence-corrected chi connectivity index (χ3v) is 3.91. The van der Waals surface area contributed by atoms with Crippen LogP contribution in [-0.4, -0.2) is 14.8 Å². The van der Waals surface area contributed by atoms with E-state index in [0.29, 0.717) is 11.3 Å². The van der Waals surface area contributed by atoms with Gasteiger partial charge in [0, 0.05) is 30.4 Å². The van der Waals surface area contributed by atoms with Gasteiger partial charge in [0.2, 0.25) is 0 Å². The van der Waals surface area contributed by atoms with E-state index in [2.05, 4.69) is 36.9 Å². The zero-order valence-electron chi connectivity index (χ0n) is 13.6. The van der Waals surface area contributed by atoms with Crippen LogP contribution in [0.2, 0.25) is 0 Å². The van der Waals surface area contributed by atoms with Crippen molar-refractivity contribution in [3.8, 4) is 11.3 Å². The average Bonchev–Trinajstić information content (AvgIpc) is 2.87. The van der Waals surface area contributed by atoms with Crippen LogP contribution in [0.1, 0.15) is 38.5 Å². The smallest absolute Gasteiger partial charge is 0.275 e. The quantitative estimate of drug-likeness (QED) is 0.675. The van der Waals surface area contributed by atoms with Crippen LogP contribution < -0.4 is 0 Å². The molecule has 1 aromatic carbocycles. The molecule has 0 fully saturated rings. The summed E-state index contributed by atoms with van der Waals surface area (Å²) in [5.41, 5.74) is 1.85. The van der Waals surface area contributed by atoms with Crippen molar-refractivity contribution in [1.29, 1.82) is 0 Å². The summed E-state index contributed by atoms with van der Waals surface area (Å²) < 4.78 is 27.7. The highest BCUT2D eigenvalue weighted by Crippen LogP contribution is 2.33. The Morgan fingerprint density at radius 1 is 1.17 bits per heavy atom. The van der Waals surface area contributed by atoms with Gasteiger partial charge < -0.3 is 0 Å². The van der Waals surface area contributed by atoms with Gasteiger partial charge in [-0.25, -0.2) is 8.78 Å². The number of nitrogens with zero attached hydrogens (tertiary/aromatic N) is 3. The second-order valence-electron chi connectivity index (χ2n) is 6.75.